The molecule has 1 saturated heterocycles. The van der Waals surface area contributed by atoms with E-state index in [4.69, 9.17) is 4.74 Å². The Bertz CT molecular complexity index is 753. The Morgan fingerprint density at radius 2 is 2.04 bits per heavy atom. The summed E-state index contributed by atoms with van der Waals surface area (Å²) >= 11 is 1.54. The van der Waals surface area contributed by atoms with E-state index in [1.54, 1.807) is 15.5 Å². The van der Waals surface area contributed by atoms with Gasteiger partial charge >= 0.3 is 5.97 Å². The van der Waals surface area contributed by atoms with Crippen LogP contribution in [0.3, 0.4) is 0 Å². The van der Waals surface area contributed by atoms with Crippen molar-refractivity contribution in [3.8, 4) is 0 Å². The molecule has 1 fully saturated rings. The van der Waals surface area contributed by atoms with E-state index in [9.17, 15) is 14.4 Å². The highest BCUT2D eigenvalue weighted by Gasteiger charge is 2.32. The van der Waals surface area contributed by atoms with E-state index >= 15 is 0 Å². The summed E-state index contributed by atoms with van der Waals surface area (Å²) in [6.07, 6.45) is 1.56. The van der Waals surface area contributed by atoms with Gasteiger partial charge in [0, 0.05) is 31.3 Å². The van der Waals surface area contributed by atoms with Crippen molar-refractivity contribution in [1.29, 1.82) is 0 Å². The molecule has 1 aromatic rings. The maximum Gasteiger partial charge on any atom is 0.308 e. The number of ether oxygens (including phenoxy) is 1. The van der Waals surface area contributed by atoms with E-state index in [0.29, 0.717) is 43.3 Å². The van der Waals surface area contributed by atoms with Crippen LogP contribution in [0.15, 0.2) is 16.0 Å². The van der Waals surface area contributed by atoms with Gasteiger partial charge < -0.3 is 9.64 Å². The molecular weight excluding hydrogens is 354 g/mol. The average Bonchev–Trinajstić information content (AvgIpc) is 3.04. The Morgan fingerprint density at radius 1 is 1.35 bits per heavy atom. The van der Waals surface area contributed by atoms with Gasteiger partial charge in [-0.1, -0.05) is 25.6 Å². The van der Waals surface area contributed by atoms with Crippen molar-refractivity contribution in [2.24, 2.45) is 5.92 Å². The van der Waals surface area contributed by atoms with Gasteiger partial charge in [0.15, 0.2) is 5.16 Å². The molecule has 0 bridgehead atoms. The van der Waals surface area contributed by atoms with Crippen LogP contribution in [0, 0.1) is 5.92 Å². The fourth-order valence-electron chi connectivity index (χ4n) is 3.48. The number of amides is 1. The Kier molecular flexibility index (Phi) is 5.70. The van der Waals surface area contributed by atoms with Crippen LogP contribution in [0.1, 0.15) is 50.8 Å². The molecule has 0 saturated carbocycles. The highest BCUT2D eigenvalue weighted by Crippen LogP contribution is 2.33. The number of thioether (sulfide) groups is 1. The number of carbonyl (C=O) groups is 2. The van der Waals surface area contributed by atoms with Gasteiger partial charge in [0.2, 0.25) is 5.91 Å². The van der Waals surface area contributed by atoms with E-state index in [-0.39, 0.29) is 35.3 Å². The number of hydrogen-bond donors (Lipinski definition) is 0. The molecule has 0 unspecified atom stereocenters. The number of rotatable bonds is 4. The maximum absolute atomic E-state index is 12.7. The summed E-state index contributed by atoms with van der Waals surface area (Å²) in [7, 11) is 1.39. The van der Waals surface area contributed by atoms with E-state index in [0.717, 1.165) is 5.69 Å². The van der Waals surface area contributed by atoms with Crippen molar-refractivity contribution in [2.45, 2.75) is 50.2 Å². The van der Waals surface area contributed by atoms with Crippen LogP contribution >= 0.6 is 11.8 Å². The predicted molar refractivity (Wildman–Crippen MR) is 98.3 cm³/mol. The summed E-state index contributed by atoms with van der Waals surface area (Å²) in [6, 6.07) is 1.43. The Morgan fingerprint density at radius 3 is 2.65 bits per heavy atom. The molecule has 0 N–H and O–H groups in total. The van der Waals surface area contributed by atoms with Gasteiger partial charge in [-0.3, -0.25) is 19.0 Å². The van der Waals surface area contributed by atoms with Crippen molar-refractivity contribution in [3.05, 3.63) is 22.1 Å². The monoisotopic (exact) mass is 379 g/mol. The highest BCUT2D eigenvalue weighted by molar-refractivity contribution is 7.99. The van der Waals surface area contributed by atoms with Gasteiger partial charge in [-0.05, 0) is 18.8 Å². The van der Waals surface area contributed by atoms with Gasteiger partial charge in [-0.25, -0.2) is 4.98 Å². The van der Waals surface area contributed by atoms with Crippen LogP contribution in [-0.4, -0.2) is 52.3 Å². The van der Waals surface area contributed by atoms with E-state index < -0.39 is 0 Å². The number of aromatic nitrogens is 2. The van der Waals surface area contributed by atoms with Crippen molar-refractivity contribution in [1.82, 2.24) is 14.5 Å². The zero-order valence-electron chi connectivity index (χ0n) is 15.4. The minimum Gasteiger partial charge on any atom is -0.469 e. The van der Waals surface area contributed by atoms with Crippen LogP contribution in [0.5, 0.6) is 0 Å². The van der Waals surface area contributed by atoms with Crippen molar-refractivity contribution >= 4 is 23.6 Å². The minimum atomic E-state index is -0.197. The smallest absolute Gasteiger partial charge is 0.308 e. The number of nitrogens with zero attached hydrogens (tertiary/aromatic N) is 3. The van der Waals surface area contributed by atoms with E-state index in [2.05, 4.69) is 4.98 Å². The predicted octanol–water partition coefficient (Wildman–Crippen LogP) is 1.82. The summed E-state index contributed by atoms with van der Waals surface area (Å²) in [5.74, 6) is 0.608. The fourth-order valence-corrected chi connectivity index (χ4v) is 4.63. The molecule has 1 atom stereocenters. The largest absolute Gasteiger partial charge is 0.469 e. The van der Waals surface area contributed by atoms with E-state index in [1.165, 1.54) is 18.9 Å². The lowest BCUT2D eigenvalue weighted by Crippen LogP contribution is -2.41. The Balaban J connectivity index is 1.64. The van der Waals surface area contributed by atoms with Crippen molar-refractivity contribution < 1.29 is 14.3 Å². The number of piperidine rings is 1. The van der Waals surface area contributed by atoms with Crippen molar-refractivity contribution in [2.75, 3.05) is 26.0 Å². The first kappa shape index (κ1) is 18.9. The first-order chi connectivity index (χ1) is 12.4. The molecule has 0 aliphatic carbocycles. The molecule has 0 aromatic carbocycles. The normalized spacial score (nSPS) is 20.3. The third-order valence-electron chi connectivity index (χ3n) is 5.09. The standard InChI is InChI=1S/C18H25N3O4S/c1-11(2)14-9-16(23)21-13(10-26-18(21)19-14)8-15(22)20-6-4-12(5-7-20)17(24)25-3/h9,11-13H,4-8,10H2,1-3H3/t13-/m0/s1. The molecule has 26 heavy (non-hydrogen) atoms. The average molecular weight is 379 g/mol. The lowest BCUT2D eigenvalue weighted by Gasteiger charge is -2.31. The Hall–Kier alpha value is -1.83. The molecule has 7 nitrogen and oxygen atoms in total. The van der Waals surface area contributed by atoms with Gasteiger partial charge in [-0.2, -0.15) is 0 Å². The van der Waals surface area contributed by atoms with Crippen LogP contribution in [0.4, 0.5) is 0 Å². The van der Waals surface area contributed by atoms with Gasteiger partial charge in [0.05, 0.1) is 24.8 Å². The minimum absolute atomic E-state index is 0.0339. The van der Waals surface area contributed by atoms with Crippen LogP contribution in [0.25, 0.3) is 0 Å². The first-order valence-corrected chi connectivity index (χ1v) is 10.0. The number of fused-ring (bicyclic) bond motifs is 1. The lowest BCUT2D eigenvalue weighted by molar-refractivity contribution is -0.149. The number of carbonyl (C=O) groups excluding carboxylic acids is 2. The molecule has 3 rings (SSSR count). The Labute approximate surface area is 157 Å². The topological polar surface area (TPSA) is 81.5 Å². The van der Waals surface area contributed by atoms with Crippen LogP contribution in [0.2, 0.25) is 0 Å². The molecule has 8 heteroatoms. The first-order valence-electron chi connectivity index (χ1n) is 9.02. The second-order valence-corrected chi connectivity index (χ2v) is 8.16. The van der Waals surface area contributed by atoms with E-state index in [1.807, 2.05) is 13.8 Å². The maximum atomic E-state index is 12.7. The second-order valence-electron chi connectivity index (χ2n) is 7.17. The fraction of sp³-hybridized carbons (Fsp3) is 0.667. The molecule has 1 amide bonds. The number of methoxy groups -OCH3 is 1. The molecule has 2 aliphatic rings. The summed E-state index contributed by atoms with van der Waals surface area (Å²) in [5.41, 5.74) is 0.719. The SMILES string of the molecule is COC(=O)C1CCN(C(=O)C[C@H]2CSc3nc(C(C)C)cc(=O)n32)CC1. The molecule has 3 heterocycles. The van der Waals surface area contributed by atoms with Gasteiger partial charge in [-0.15, -0.1) is 0 Å². The number of hydrogen-bond acceptors (Lipinski definition) is 6. The lowest BCUT2D eigenvalue weighted by atomic mass is 9.96. The summed E-state index contributed by atoms with van der Waals surface area (Å²) in [6.45, 7) is 5.14. The third kappa shape index (κ3) is 3.79. The zero-order valence-corrected chi connectivity index (χ0v) is 16.3. The highest BCUT2D eigenvalue weighted by atomic mass is 32.2. The van der Waals surface area contributed by atoms with Gasteiger partial charge in [0.1, 0.15) is 0 Å². The van der Waals surface area contributed by atoms with Crippen LogP contribution in [-0.2, 0) is 14.3 Å². The summed E-state index contributed by atoms with van der Waals surface area (Å²) in [4.78, 5) is 43.1. The molecule has 0 spiro atoms. The quantitative estimate of drug-likeness (QED) is 0.586. The van der Waals surface area contributed by atoms with Crippen LogP contribution < -0.4 is 5.56 Å². The number of esters is 1. The second kappa shape index (κ2) is 7.82. The molecule has 1 aromatic heterocycles. The number of likely N-dealkylation sites (tertiary alicyclic amines) is 1. The molecule has 0 radical (unpaired) electrons. The zero-order chi connectivity index (χ0) is 18.8. The molecular formula is C18H25N3O4S. The summed E-state index contributed by atoms with van der Waals surface area (Å²) < 4.78 is 6.44. The summed E-state index contributed by atoms with van der Waals surface area (Å²) in [5, 5.41) is 0.711. The molecule has 2 aliphatic heterocycles. The van der Waals surface area contributed by atoms with Crippen molar-refractivity contribution in [3.63, 3.8) is 0 Å². The third-order valence-corrected chi connectivity index (χ3v) is 6.19. The van der Waals surface area contributed by atoms with Gasteiger partial charge in [0.25, 0.3) is 5.56 Å². The molecule has 142 valence electrons.